The lowest BCUT2D eigenvalue weighted by atomic mass is 9.83. The third-order valence-corrected chi connectivity index (χ3v) is 5.36. The summed E-state index contributed by atoms with van der Waals surface area (Å²) in [4.78, 5) is 2.64. The van der Waals surface area contributed by atoms with Gasteiger partial charge in [0.2, 0.25) is 0 Å². The predicted octanol–water partition coefficient (Wildman–Crippen LogP) is 3.64. The van der Waals surface area contributed by atoms with Crippen LogP contribution in [0.25, 0.3) is 0 Å². The van der Waals surface area contributed by atoms with Gasteiger partial charge in [-0.2, -0.15) is 0 Å². The number of piperidine rings is 1. The molecule has 1 aromatic carbocycles. The molecule has 22 heavy (non-hydrogen) atoms. The van der Waals surface area contributed by atoms with Crippen LogP contribution in [0.5, 0.6) is 5.75 Å². The van der Waals surface area contributed by atoms with Crippen molar-refractivity contribution in [2.45, 2.75) is 58.8 Å². The zero-order valence-electron chi connectivity index (χ0n) is 14.4. The summed E-state index contributed by atoms with van der Waals surface area (Å²) in [6, 6.07) is 9.16. The molecular formula is C19H30N2O. The highest BCUT2D eigenvalue weighted by molar-refractivity contribution is 5.27. The molecule has 0 aliphatic carbocycles. The summed E-state index contributed by atoms with van der Waals surface area (Å²) >= 11 is 0. The van der Waals surface area contributed by atoms with E-state index in [1.165, 1.54) is 31.4 Å². The van der Waals surface area contributed by atoms with Crippen molar-refractivity contribution in [2.75, 3.05) is 13.7 Å². The maximum atomic E-state index is 5.25. The van der Waals surface area contributed by atoms with Gasteiger partial charge in [0, 0.05) is 19.1 Å². The molecule has 3 heteroatoms. The van der Waals surface area contributed by atoms with Crippen LogP contribution in [-0.4, -0.2) is 30.8 Å². The van der Waals surface area contributed by atoms with Crippen molar-refractivity contribution in [3.63, 3.8) is 0 Å². The lowest BCUT2D eigenvalue weighted by Crippen LogP contribution is -2.51. The first kappa shape index (κ1) is 15.8. The number of ether oxygens (including phenoxy) is 1. The predicted molar refractivity (Wildman–Crippen MR) is 90.9 cm³/mol. The van der Waals surface area contributed by atoms with Gasteiger partial charge in [0.15, 0.2) is 0 Å². The fourth-order valence-corrected chi connectivity index (χ4v) is 3.96. The Kier molecular flexibility index (Phi) is 4.47. The minimum absolute atomic E-state index is 0.350. The van der Waals surface area contributed by atoms with E-state index in [0.717, 1.165) is 18.2 Å². The topological polar surface area (TPSA) is 24.5 Å². The molecule has 0 saturated carbocycles. The Morgan fingerprint density at radius 1 is 1.23 bits per heavy atom. The summed E-state index contributed by atoms with van der Waals surface area (Å²) in [5, 5.41) is 3.93. The molecule has 0 radical (unpaired) electrons. The lowest BCUT2D eigenvalue weighted by molar-refractivity contribution is 0.0885. The fourth-order valence-electron chi connectivity index (χ4n) is 3.96. The molecule has 3 nitrogen and oxygen atoms in total. The molecule has 3 rings (SSSR count). The van der Waals surface area contributed by atoms with Crippen molar-refractivity contribution in [1.29, 1.82) is 0 Å². The molecule has 0 aromatic heterocycles. The van der Waals surface area contributed by atoms with Crippen LogP contribution in [0.1, 0.15) is 45.6 Å². The summed E-state index contributed by atoms with van der Waals surface area (Å²) in [6.07, 6.45) is 4.59. The first-order chi connectivity index (χ1) is 10.5. The molecular weight excluding hydrogens is 272 g/mol. The summed E-state index contributed by atoms with van der Waals surface area (Å²) in [7, 11) is 1.72. The van der Waals surface area contributed by atoms with Crippen molar-refractivity contribution in [3.8, 4) is 5.75 Å². The second-order valence-electron chi connectivity index (χ2n) is 7.99. The number of hydrogen-bond acceptors (Lipinski definition) is 3. The van der Waals surface area contributed by atoms with E-state index in [0.29, 0.717) is 17.6 Å². The largest absolute Gasteiger partial charge is 0.497 e. The molecule has 0 bridgehead atoms. The van der Waals surface area contributed by atoms with Crippen molar-refractivity contribution < 1.29 is 4.74 Å². The van der Waals surface area contributed by atoms with E-state index in [4.69, 9.17) is 4.74 Å². The third kappa shape index (κ3) is 3.31. The van der Waals surface area contributed by atoms with E-state index in [-0.39, 0.29) is 0 Å². The maximum absolute atomic E-state index is 5.25. The summed E-state index contributed by atoms with van der Waals surface area (Å²) < 4.78 is 5.25. The van der Waals surface area contributed by atoms with Crippen molar-refractivity contribution >= 4 is 0 Å². The second-order valence-corrected chi connectivity index (χ2v) is 7.99. The molecule has 122 valence electrons. The van der Waals surface area contributed by atoms with Crippen LogP contribution in [0.2, 0.25) is 0 Å². The van der Waals surface area contributed by atoms with Gasteiger partial charge in [0.25, 0.3) is 0 Å². The van der Waals surface area contributed by atoms with E-state index < -0.39 is 0 Å². The van der Waals surface area contributed by atoms with Gasteiger partial charge in [0.1, 0.15) is 5.75 Å². The van der Waals surface area contributed by atoms with E-state index in [1.807, 2.05) is 0 Å². The number of likely N-dealkylation sites (tertiary alicyclic amines) is 1. The Bertz CT molecular complexity index is 491. The van der Waals surface area contributed by atoms with Crippen LogP contribution in [0.4, 0.5) is 0 Å². The number of methoxy groups -OCH3 is 1. The number of hydrogen-bond donors (Lipinski definition) is 1. The number of rotatable bonds is 3. The van der Waals surface area contributed by atoms with Crippen LogP contribution in [0, 0.1) is 11.3 Å². The van der Waals surface area contributed by atoms with Crippen molar-refractivity contribution in [1.82, 2.24) is 10.2 Å². The van der Waals surface area contributed by atoms with Gasteiger partial charge >= 0.3 is 0 Å². The quantitative estimate of drug-likeness (QED) is 0.922. The molecule has 0 amide bonds. The average Bonchev–Trinajstić information content (AvgIpc) is 2.93. The average molecular weight is 302 g/mol. The zero-order chi connectivity index (χ0) is 15.7. The Morgan fingerprint density at radius 3 is 2.59 bits per heavy atom. The first-order valence-corrected chi connectivity index (χ1v) is 8.60. The van der Waals surface area contributed by atoms with Crippen LogP contribution in [-0.2, 0) is 6.54 Å². The molecule has 2 aliphatic heterocycles. The molecule has 1 N–H and O–H groups in total. The number of benzene rings is 1. The Balaban J connectivity index is 1.68. The first-order valence-electron chi connectivity index (χ1n) is 8.60. The van der Waals surface area contributed by atoms with E-state index in [2.05, 4.69) is 55.3 Å². The van der Waals surface area contributed by atoms with Crippen molar-refractivity contribution in [3.05, 3.63) is 29.8 Å². The monoisotopic (exact) mass is 302 g/mol. The highest BCUT2D eigenvalue weighted by Gasteiger charge is 2.43. The van der Waals surface area contributed by atoms with Gasteiger partial charge in [-0.05, 0) is 48.3 Å². The minimum atomic E-state index is 0.350. The van der Waals surface area contributed by atoms with Crippen LogP contribution < -0.4 is 10.1 Å². The van der Waals surface area contributed by atoms with Gasteiger partial charge in [-0.15, -0.1) is 0 Å². The second kappa shape index (κ2) is 6.21. The molecule has 3 atom stereocenters. The van der Waals surface area contributed by atoms with E-state index in [9.17, 15) is 0 Å². The lowest BCUT2D eigenvalue weighted by Gasteiger charge is -2.38. The molecule has 0 spiro atoms. The van der Waals surface area contributed by atoms with Crippen LogP contribution in [0.15, 0.2) is 24.3 Å². The zero-order valence-corrected chi connectivity index (χ0v) is 14.4. The minimum Gasteiger partial charge on any atom is -0.497 e. The molecule has 2 fully saturated rings. The number of fused-ring (bicyclic) bond motifs is 1. The normalized spacial score (nSPS) is 29.4. The van der Waals surface area contributed by atoms with Crippen LogP contribution in [0.3, 0.4) is 0 Å². The maximum Gasteiger partial charge on any atom is 0.118 e. The third-order valence-electron chi connectivity index (χ3n) is 5.36. The molecule has 2 saturated heterocycles. The Morgan fingerprint density at radius 2 is 1.95 bits per heavy atom. The Hall–Kier alpha value is -1.06. The van der Waals surface area contributed by atoms with E-state index in [1.54, 1.807) is 7.11 Å². The highest BCUT2D eigenvalue weighted by atomic mass is 16.5. The van der Waals surface area contributed by atoms with Gasteiger partial charge in [-0.1, -0.05) is 32.9 Å². The van der Waals surface area contributed by atoms with Crippen molar-refractivity contribution in [2.24, 2.45) is 11.3 Å². The molecule has 1 aromatic rings. The summed E-state index contributed by atoms with van der Waals surface area (Å²) in [5.74, 6) is 1.75. The summed E-state index contributed by atoms with van der Waals surface area (Å²) in [5.41, 5.74) is 1.73. The standard InChI is InChI=1S/C19H30N2O/c1-19(2,3)17-12-15-6-5-11-21(18(15)20-17)13-14-7-9-16(22-4)10-8-14/h7-10,15,17-18,20H,5-6,11-13H2,1-4H3. The van der Waals surface area contributed by atoms with Gasteiger partial charge < -0.3 is 4.74 Å². The van der Waals surface area contributed by atoms with Crippen LogP contribution >= 0.6 is 0 Å². The Labute approximate surface area is 135 Å². The highest BCUT2D eigenvalue weighted by Crippen LogP contribution is 2.38. The fraction of sp³-hybridized carbons (Fsp3) is 0.684. The molecule has 2 aliphatic rings. The number of nitrogens with one attached hydrogen (secondary N) is 1. The molecule has 2 heterocycles. The van der Waals surface area contributed by atoms with Gasteiger partial charge in [-0.25, -0.2) is 0 Å². The molecule has 3 unspecified atom stereocenters. The summed E-state index contributed by atoms with van der Waals surface area (Å²) in [6.45, 7) is 9.31. The SMILES string of the molecule is COc1ccc(CN2CCCC3CC(C(C)(C)C)NC32)cc1. The smallest absolute Gasteiger partial charge is 0.118 e. The number of nitrogens with zero attached hydrogens (tertiary/aromatic N) is 1. The van der Waals surface area contributed by atoms with Gasteiger partial charge in [0.05, 0.1) is 13.3 Å². The van der Waals surface area contributed by atoms with Gasteiger partial charge in [-0.3, -0.25) is 10.2 Å². The van der Waals surface area contributed by atoms with E-state index >= 15 is 0 Å².